The maximum absolute atomic E-state index is 8.61. The van der Waals surface area contributed by atoms with Crippen molar-refractivity contribution in [2.45, 2.75) is 20.8 Å². The molecule has 0 radical (unpaired) electrons. The van der Waals surface area contributed by atoms with Crippen LogP contribution in [0.5, 0.6) is 0 Å². The minimum absolute atomic E-state index is 0.00230. The summed E-state index contributed by atoms with van der Waals surface area (Å²) in [6, 6.07) is 0. The lowest BCUT2D eigenvalue weighted by Gasteiger charge is -2.06. The topological polar surface area (TPSA) is 49.7 Å². The van der Waals surface area contributed by atoms with Gasteiger partial charge in [-0.2, -0.15) is 0 Å². The maximum atomic E-state index is 8.61. The molecular weight excluding hydrogens is 211 g/mol. The van der Waals surface area contributed by atoms with Gasteiger partial charge in [0.2, 0.25) is 0 Å². The van der Waals surface area contributed by atoms with E-state index in [1.165, 1.54) is 5.57 Å². The van der Waals surface area contributed by atoms with Crippen molar-refractivity contribution in [2.24, 2.45) is 0 Å². The SMILES string of the molecule is C=C/C(C)=C(C)\C(C)=C/COCP(O)O. The molecule has 0 saturated carbocycles. The largest absolute Gasteiger partial charge is 0.368 e. The van der Waals surface area contributed by atoms with E-state index in [1.807, 2.05) is 32.9 Å². The molecule has 0 bridgehead atoms. The van der Waals surface area contributed by atoms with Crippen molar-refractivity contribution in [1.29, 1.82) is 0 Å². The highest BCUT2D eigenvalue weighted by molar-refractivity contribution is 7.44. The van der Waals surface area contributed by atoms with Gasteiger partial charge in [-0.05, 0) is 37.5 Å². The molecule has 4 heteroatoms. The van der Waals surface area contributed by atoms with Crippen LogP contribution in [0.15, 0.2) is 35.5 Å². The molecule has 86 valence electrons. The van der Waals surface area contributed by atoms with Gasteiger partial charge in [0, 0.05) is 0 Å². The Morgan fingerprint density at radius 3 is 2.40 bits per heavy atom. The highest BCUT2D eigenvalue weighted by Crippen LogP contribution is 2.22. The number of rotatable bonds is 6. The van der Waals surface area contributed by atoms with Crippen molar-refractivity contribution in [3.63, 3.8) is 0 Å². The Kier molecular flexibility index (Phi) is 7.53. The molecule has 0 saturated heterocycles. The zero-order valence-electron chi connectivity index (χ0n) is 9.53. The van der Waals surface area contributed by atoms with E-state index in [2.05, 4.69) is 6.58 Å². The second-order valence-electron chi connectivity index (χ2n) is 3.27. The van der Waals surface area contributed by atoms with E-state index >= 15 is 0 Å². The lowest BCUT2D eigenvalue weighted by atomic mass is 10.0. The van der Waals surface area contributed by atoms with Crippen LogP contribution in [-0.4, -0.2) is 22.7 Å². The number of hydrogen-bond donors (Lipinski definition) is 2. The summed E-state index contributed by atoms with van der Waals surface area (Å²) in [4.78, 5) is 17.2. The summed E-state index contributed by atoms with van der Waals surface area (Å²) < 4.78 is 5.03. The monoisotopic (exact) mass is 230 g/mol. The molecule has 0 aromatic rings. The average Bonchev–Trinajstić information content (AvgIpc) is 2.21. The molecule has 0 aromatic carbocycles. The molecule has 3 nitrogen and oxygen atoms in total. The van der Waals surface area contributed by atoms with Gasteiger partial charge in [0.1, 0.15) is 6.35 Å². The third-order valence-electron chi connectivity index (χ3n) is 2.20. The summed E-state index contributed by atoms with van der Waals surface area (Å²) in [7, 11) is -1.94. The van der Waals surface area contributed by atoms with Gasteiger partial charge in [-0.25, -0.2) is 0 Å². The molecule has 0 aromatic heterocycles. The van der Waals surface area contributed by atoms with Crippen molar-refractivity contribution in [2.75, 3.05) is 13.0 Å². The van der Waals surface area contributed by atoms with E-state index < -0.39 is 8.38 Å². The number of ether oxygens (including phenoxy) is 1. The lowest BCUT2D eigenvalue weighted by Crippen LogP contribution is -1.94. The molecule has 0 spiro atoms. The second kappa shape index (κ2) is 7.77. The molecule has 0 aliphatic heterocycles. The van der Waals surface area contributed by atoms with Gasteiger partial charge in [-0.15, -0.1) is 0 Å². The van der Waals surface area contributed by atoms with E-state index in [0.29, 0.717) is 6.61 Å². The fourth-order valence-electron chi connectivity index (χ4n) is 0.935. The van der Waals surface area contributed by atoms with Gasteiger partial charge in [-0.1, -0.05) is 18.7 Å². The normalized spacial score (nSPS) is 14.1. The van der Waals surface area contributed by atoms with Gasteiger partial charge in [0.15, 0.2) is 8.38 Å². The van der Waals surface area contributed by atoms with Crippen molar-refractivity contribution >= 4 is 8.38 Å². The Labute approximate surface area is 92.7 Å². The molecule has 15 heavy (non-hydrogen) atoms. The second-order valence-corrected chi connectivity index (χ2v) is 4.27. The zero-order valence-corrected chi connectivity index (χ0v) is 10.4. The van der Waals surface area contributed by atoms with Crippen LogP contribution in [0.2, 0.25) is 0 Å². The average molecular weight is 230 g/mol. The van der Waals surface area contributed by atoms with Crippen molar-refractivity contribution in [3.05, 3.63) is 35.5 Å². The third-order valence-corrected chi connectivity index (χ3v) is 2.62. The molecule has 0 aliphatic rings. The van der Waals surface area contributed by atoms with Crippen LogP contribution < -0.4 is 0 Å². The smallest absolute Gasteiger partial charge is 0.192 e. The summed E-state index contributed by atoms with van der Waals surface area (Å²) in [6.07, 6.45) is 3.73. The first-order chi connectivity index (χ1) is 6.99. The minimum Gasteiger partial charge on any atom is -0.368 e. The number of hydrogen-bond acceptors (Lipinski definition) is 3. The van der Waals surface area contributed by atoms with E-state index in [9.17, 15) is 0 Å². The Balaban J connectivity index is 4.15. The lowest BCUT2D eigenvalue weighted by molar-refractivity contribution is 0.198. The first kappa shape index (κ1) is 14.5. The van der Waals surface area contributed by atoms with Gasteiger partial charge in [-0.3, -0.25) is 0 Å². The van der Waals surface area contributed by atoms with Crippen LogP contribution in [0.1, 0.15) is 20.8 Å². The molecule has 0 atom stereocenters. The van der Waals surface area contributed by atoms with Crippen molar-refractivity contribution in [3.8, 4) is 0 Å². The predicted molar refractivity (Wildman–Crippen MR) is 64.5 cm³/mol. The Morgan fingerprint density at radius 2 is 1.93 bits per heavy atom. The molecule has 2 N–H and O–H groups in total. The maximum Gasteiger partial charge on any atom is 0.192 e. The molecular formula is C11H19O3P. The predicted octanol–water partition coefficient (Wildman–Crippen LogP) is 2.73. The van der Waals surface area contributed by atoms with Crippen LogP contribution in [-0.2, 0) is 4.74 Å². The Hall–Kier alpha value is -0.470. The fourth-order valence-corrected chi connectivity index (χ4v) is 1.20. The van der Waals surface area contributed by atoms with Crippen molar-refractivity contribution < 1.29 is 14.5 Å². The van der Waals surface area contributed by atoms with Crippen molar-refractivity contribution in [1.82, 2.24) is 0 Å². The summed E-state index contributed by atoms with van der Waals surface area (Å²) in [6.45, 7) is 10.1. The first-order valence-corrected chi connectivity index (χ1v) is 6.12. The van der Waals surface area contributed by atoms with E-state index in [0.717, 1.165) is 11.1 Å². The molecule has 0 unspecified atom stereocenters. The molecule has 0 aliphatic carbocycles. The van der Waals surface area contributed by atoms with Crippen LogP contribution in [0.25, 0.3) is 0 Å². The highest BCUT2D eigenvalue weighted by Gasteiger charge is 1.98. The zero-order chi connectivity index (χ0) is 11.8. The van der Waals surface area contributed by atoms with E-state index in [1.54, 1.807) is 0 Å². The summed E-state index contributed by atoms with van der Waals surface area (Å²) in [5, 5.41) is 0. The Morgan fingerprint density at radius 1 is 1.33 bits per heavy atom. The fraction of sp³-hybridized carbons (Fsp3) is 0.455. The van der Waals surface area contributed by atoms with E-state index in [4.69, 9.17) is 14.5 Å². The summed E-state index contributed by atoms with van der Waals surface area (Å²) in [5.41, 5.74) is 3.42. The summed E-state index contributed by atoms with van der Waals surface area (Å²) in [5.74, 6) is 0. The molecule has 0 fully saturated rings. The quantitative estimate of drug-likeness (QED) is 0.419. The first-order valence-electron chi connectivity index (χ1n) is 4.69. The van der Waals surface area contributed by atoms with Gasteiger partial charge in [0.25, 0.3) is 0 Å². The van der Waals surface area contributed by atoms with Crippen LogP contribution >= 0.6 is 8.38 Å². The van der Waals surface area contributed by atoms with Crippen LogP contribution in [0.4, 0.5) is 0 Å². The molecule has 0 amide bonds. The summed E-state index contributed by atoms with van der Waals surface area (Å²) >= 11 is 0. The third kappa shape index (κ3) is 6.58. The van der Waals surface area contributed by atoms with Gasteiger partial charge < -0.3 is 14.5 Å². The van der Waals surface area contributed by atoms with Crippen LogP contribution in [0.3, 0.4) is 0 Å². The molecule has 0 rings (SSSR count). The van der Waals surface area contributed by atoms with Gasteiger partial charge in [0.05, 0.1) is 6.61 Å². The van der Waals surface area contributed by atoms with Crippen LogP contribution in [0, 0.1) is 0 Å². The Bertz CT molecular complexity index is 267. The number of allylic oxidation sites excluding steroid dienone is 4. The standard InChI is InChI=1S/C11H19O3P/c1-5-9(2)11(4)10(3)6-7-14-8-15(12)13/h5-6,12-13H,1,7-8H2,2-4H3/b10-6-,11-9-. The minimum atomic E-state index is -1.94. The van der Waals surface area contributed by atoms with E-state index in [-0.39, 0.29) is 6.35 Å². The highest BCUT2D eigenvalue weighted by atomic mass is 31.2. The van der Waals surface area contributed by atoms with Gasteiger partial charge >= 0.3 is 0 Å². The molecule has 0 heterocycles.